The minimum atomic E-state index is 1.16. The average molecular weight is 282 g/mol. The zero-order chi connectivity index (χ0) is 14.5. The molecule has 0 atom stereocenters. The minimum Gasteiger partial charge on any atom is -0.0836 e. The van der Waals surface area contributed by atoms with E-state index in [1.165, 1.54) is 44.2 Å². The van der Waals surface area contributed by atoms with E-state index in [1.54, 1.807) is 0 Å². The maximum absolute atomic E-state index is 2.45. The van der Waals surface area contributed by atoms with Crippen LogP contribution in [-0.2, 0) is 0 Å². The Morgan fingerprint density at radius 3 is 2.36 bits per heavy atom. The predicted octanol–water partition coefficient (Wildman–Crippen LogP) is 6.06. The fourth-order valence-corrected chi connectivity index (χ4v) is 4.20. The quantitative estimate of drug-likeness (QED) is 0.551. The summed E-state index contributed by atoms with van der Waals surface area (Å²) in [6.45, 7) is 0. The zero-order valence-electron chi connectivity index (χ0n) is 12.6. The van der Waals surface area contributed by atoms with Gasteiger partial charge in [0, 0.05) is 0 Å². The molecule has 22 heavy (non-hydrogen) atoms. The van der Waals surface area contributed by atoms with Gasteiger partial charge in [-0.1, -0.05) is 60.7 Å². The van der Waals surface area contributed by atoms with Crippen molar-refractivity contribution in [1.82, 2.24) is 0 Å². The lowest BCUT2D eigenvalue weighted by Gasteiger charge is -2.20. The molecule has 0 N–H and O–H groups in total. The summed E-state index contributed by atoms with van der Waals surface area (Å²) in [5.74, 6) is 0. The van der Waals surface area contributed by atoms with Crippen LogP contribution in [0.15, 0.2) is 71.8 Å². The van der Waals surface area contributed by atoms with Crippen LogP contribution in [0.4, 0.5) is 0 Å². The molecule has 3 aliphatic rings. The molecule has 5 rings (SSSR count). The van der Waals surface area contributed by atoms with Gasteiger partial charge in [0.25, 0.3) is 0 Å². The summed E-state index contributed by atoms with van der Waals surface area (Å²) >= 11 is 0. The Bertz CT molecular complexity index is 911. The van der Waals surface area contributed by atoms with Crippen LogP contribution in [0.5, 0.6) is 0 Å². The third kappa shape index (κ3) is 1.58. The van der Waals surface area contributed by atoms with Gasteiger partial charge in [-0.15, -0.1) is 0 Å². The van der Waals surface area contributed by atoms with Gasteiger partial charge >= 0.3 is 0 Å². The number of rotatable bonds is 0. The first-order valence-electron chi connectivity index (χ1n) is 8.27. The van der Waals surface area contributed by atoms with Gasteiger partial charge in [0.15, 0.2) is 0 Å². The van der Waals surface area contributed by atoms with E-state index in [0.717, 1.165) is 25.7 Å². The van der Waals surface area contributed by atoms with Crippen molar-refractivity contribution in [3.63, 3.8) is 0 Å². The van der Waals surface area contributed by atoms with Crippen LogP contribution in [-0.4, -0.2) is 0 Å². The van der Waals surface area contributed by atoms with Crippen LogP contribution in [0.25, 0.3) is 21.9 Å². The zero-order valence-corrected chi connectivity index (χ0v) is 12.6. The van der Waals surface area contributed by atoms with Gasteiger partial charge < -0.3 is 0 Å². The van der Waals surface area contributed by atoms with Crippen molar-refractivity contribution in [2.45, 2.75) is 25.7 Å². The highest BCUT2D eigenvalue weighted by Gasteiger charge is 2.25. The van der Waals surface area contributed by atoms with Crippen LogP contribution < -0.4 is 0 Å². The van der Waals surface area contributed by atoms with Crippen LogP contribution in [0.1, 0.15) is 36.8 Å². The fraction of sp³-hybridized carbons (Fsp3) is 0.182. The van der Waals surface area contributed by atoms with Gasteiger partial charge in [0.2, 0.25) is 0 Å². The van der Waals surface area contributed by atoms with E-state index in [0.29, 0.717) is 0 Å². The topological polar surface area (TPSA) is 0 Å². The molecule has 0 heteroatoms. The normalized spacial score (nSPS) is 19.3. The Balaban J connectivity index is 1.99. The third-order valence-corrected chi connectivity index (χ3v) is 5.13. The van der Waals surface area contributed by atoms with Gasteiger partial charge in [-0.2, -0.15) is 0 Å². The standard InChI is InChI=1S/C22H18/c1-3-11-18-16(9-1)17-10-2-4-12-19(17)21-14-6-8-15-7-5-13-20(18)22(15)21/h1,5-10,12-14H,2-4,11H2. The second-order valence-corrected chi connectivity index (χ2v) is 6.36. The molecule has 0 radical (unpaired) electrons. The number of benzene rings is 2. The largest absolute Gasteiger partial charge is 0.0836 e. The van der Waals surface area contributed by atoms with Gasteiger partial charge in [-0.05, 0) is 69.9 Å². The average Bonchev–Trinajstić information content (AvgIpc) is 2.72. The molecule has 2 aromatic carbocycles. The first-order chi connectivity index (χ1) is 10.9. The molecule has 0 nitrogen and oxygen atoms in total. The number of hydrogen-bond acceptors (Lipinski definition) is 0. The van der Waals surface area contributed by atoms with E-state index in [2.05, 4.69) is 60.7 Å². The van der Waals surface area contributed by atoms with E-state index in [1.807, 2.05) is 0 Å². The Labute approximate surface area is 131 Å². The Morgan fingerprint density at radius 1 is 0.727 bits per heavy atom. The monoisotopic (exact) mass is 282 g/mol. The van der Waals surface area contributed by atoms with Crippen molar-refractivity contribution in [3.8, 4) is 0 Å². The summed E-state index contributed by atoms with van der Waals surface area (Å²) in [7, 11) is 0. The Kier molecular flexibility index (Phi) is 2.54. The molecule has 0 spiro atoms. The lowest BCUT2D eigenvalue weighted by molar-refractivity contribution is 1.02. The van der Waals surface area contributed by atoms with Crippen LogP contribution >= 0.6 is 0 Å². The molecule has 0 unspecified atom stereocenters. The molecule has 0 fully saturated rings. The molecule has 2 aromatic rings. The lowest BCUT2D eigenvalue weighted by atomic mass is 9.84. The highest BCUT2D eigenvalue weighted by atomic mass is 14.3. The Hall–Kier alpha value is -2.34. The van der Waals surface area contributed by atoms with Crippen LogP contribution in [0.3, 0.4) is 0 Å². The van der Waals surface area contributed by atoms with Gasteiger partial charge in [0.1, 0.15) is 0 Å². The van der Waals surface area contributed by atoms with E-state index < -0.39 is 0 Å². The molecule has 0 bridgehead atoms. The molecule has 0 aliphatic heterocycles. The van der Waals surface area contributed by atoms with Crippen LogP contribution in [0.2, 0.25) is 0 Å². The second kappa shape index (κ2) is 4.58. The first-order valence-corrected chi connectivity index (χ1v) is 8.27. The molecule has 0 saturated heterocycles. The van der Waals surface area contributed by atoms with Gasteiger partial charge in [0.05, 0.1) is 0 Å². The highest BCUT2D eigenvalue weighted by Crippen LogP contribution is 2.47. The lowest BCUT2D eigenvalue weighted by Crippen LogP contribution is -1.99. The smallest absolute Gasteiger partial charge is 0.00297 e. The molecule has 0 heterocycles. The van der Waals surface area contributed by atoms with E-state index >= 15 is 0 Å². The molecule has 3 aliphatic carbocycles. The highest BCUT2D eigenvalue weighted by molar-refractivity contribution is 6.09. The van der Waals surface area contributed by atoms with Crippen molar-refractivity contribution in [2.24, 2.45) is 0 Å². The van der Waals surface area contributed by atoms with Crippen molar-refractivity contribution in [1.29, 1.82) is 0 Å². The van der Waals surface area contributed by atoms with Gasteiger partial charge in [-0.3, -0.25) is 0 Å². The number of allylic oxidation sites excluding steroid dienone is 8. The molecule has 0 saturated carbocycles. The van der Waals surface area contributed by atoms with E-state index in [9.17, 15) is 0 Å². The molecule has 106 valence electrons. The summed E-state index contributed by atoms with van der Waals surface area (Å²) < 4.78 is 0. The predicted molar refractivity (Wildman–Crippen MR) is 94.5 cm³/mol. The van der Waals surface area contributed by atoms with Crippen molar-refractivity contribution in [2.75, 3.05) is 0 Å². The summed E-state index contributed by atoms with van der Waals surface area (Å²) in [4.78, 5) is 0. The van der Waals surface area contributed by atoms with E-state index in [-0.39, 0.29) is 0 Å². The Morgan fingerprint density at radius 2 is 1.50 bits per heavy atom. The molecular formula is C22H18. The number of hydrogen-bond donors (Lipinski definition) is 0. The van der Waals surface area contributed by atoms with Gasteiger partial charge in [-0.25, -0.2) is 0 Å². The second-order valence-electron chi connectivity index (χ2n) is 6.36. The maximum atomic E-state index is 2.45. The summed E-state index contributed by atoms with van der Waals surface area (Å²) in [5.41, 5.74) is 8.77. The van der Waals surface area contributed by atoms with Crippen molar-refractivity contribution < 1.29 is 0 Å². The van der Waals surface area contributed by atoms with Crippen molar-refractivity contribution >= 4 is 21.9 Å². The van der Waals surface area contributed by atoms with Crippen LogP contribution in [0, 0.1) is 0 Å². The maximum Gasteiger partial charge on any atom is -0.00297 e. The molecular weight excluding hydrogens is 264 g/mol. The summed E-state index contributed by atoms with van der Waals surface area (Å²) in [5, 5.41) is 2.81. The third-order valence-electron chi connectivity index (χ3n) is 5.13. The molecule has 0 amide bonds. The first kappa shape index (κ1) is 12.2. The number of fused-ring (bicyclic) bond motifs is 4. The summed E-state index contributed by atoms with van der Waals surface area (Å²) in [6, 6.07) is 13.5. The van der Waals surface area contributed by atoms with E-state index in [4.69, 9.17) is 0 Å². The molecule has 0 aromatic heterocycles. The minimum absolute atomic E-state index is 1.16. The SMILES string of the molecule is C1=CC2=C(CC1)c1cccc3cccc(c13)C1=CCCC=C12. The fourth-order valence-electron chi connectivity index (χ4n) is 4.20. The summed E-state index contributed by atoms with van der Waals surface area (Å²) in [6.07, 6.45) is 14.2. The van der Waals surface area contributed by atoms with Crippen molar-refractivity contribution in [3.05, 3.63) is 83.0 Å².